The van der Waals surface area contributed by atoms with Crippen LogP contribution in [0.5, 0.6) is 0 Å². The topological polar surface area (TPSA) is 103 Å². The first-order valence-corrected chi connectivity index (χ1v) is 10.6. The quantitative estimate of drug-likeness (QED) is 0.574. The average molecular weight is 432 g/mol. The first kappa shape index (κ1) is 20.5. The Balaban J connectivity index is 1.38. The van der Waals surface area contributed by atoms with Crippen molar-refractivity contribution in [1.82, 2.24) is 21.3 Å². The molecule has 1 spiro atoms. The second-order valence-electron chi connectivity index (χ2n) is 8.05. The minimum Gasteiger partial charge on any atom is -0.362 e. The van der Waals surface area contributed by atoms with Crippen LogP contribution in [0.4, 0.5) is 5.69 Å². The van der Waals surface area contributed by atoms with Crippen molar-refractivity contribution < 1.29 is 14.4 Å². The summed E-state index contributed by atoms with van der Waals surface area (Å²) in [5.74, 6) is -0.495. The maximum atomic E-state index is 13.2. The third-order valence-corrected chi connectivity index (χ3v) is 6.72. The molecule has 1 saturated heterocycles. The summed E-state index contributed by atoms with van der Waals surface area (Å²) in [6.07, 6.45) is 3.71. The summed E-state index contributed by atoms with van der Waals surface area (Å²) >= 11 is 6.30. The molecule has 8 nitrogen and oxygen atoms in total. The molecule has 0 radical (unpaired) electrons. The van der Waals surface area contributed by atoms with E-state index >= 15 is 0 Å². The number of nitrogens with one attached hydrogen (secondary N) is 4. The van der Waals surface area contributed by atoms with E-state index < -0.39 is 0 Å². The first-order chi connectivity index (χ1) is 14.4. The zero-order chi connectivity index (χ0) is 21.3. The van der Waals surface area contributed by atoms with E-state index in [1.54, 1.807) is 11.0 Å². The lowest BCUT2D eigenvalue weighted by Gasteiger charge is -2.36. The fraction of sp³-hybridized carbons (Fsp3) is 0.476. The summed E-state index contributed by atoms with van der Waals surface area (Å²) in [6.45, 7) is 1.00. The summed E-state index contributed by atoms with van der Waals surface area (Å²) in [5, 5.41) is 11.9. The van der Waals surface area contributed by atoms with E-state index in [1.165, 1.54) is 7.05 Å². The monoisotopic (exact) mass is 431 g/mol. The lowest BCUT2D eigenvalue weighted by atomic mass is 9.71. The Kier molecular flexibility index (Phi) is 5.60. The lowest BCUT2D eigenvalue weighted by molar-refractivity contribution is -0.127. The maximum absolute atomic E-state index is 13.2. The van der Waals surface area contributed by atoms with Gasteiger partial charge in [0.05, 0.1) is 22.8 Å². The van der Waals surface area contributed by atoms with Gasteiger partial charge in [0.1, 0.15) is 11.4 Å². The van der Waals surface area contributed by atoms with Gasteiger partial charge in [-0.15, -0.1) is 0 Å². The number of hydrogen-bond donors (Lipinski definition) is 4. The highest BCUT2D eigenvalue weighted by Gasteiger charge is 2.49. The highest BCUT2D eigenvalue weighted by molar-refractivity contribution is 6.34. The Morgan fingerprint density at radius 2 is 1.77 bits per heavy atom. The van der Waals surface area contributed by atoms with E-state index in [0.717, 1.165) is 37.8 Å². The molecule has 0 bridgehead atoms. The van der Waals surface area contributed by atoms with E-state index in [0.29, 0.717) is 18.2 Å². The van der Waals surface area contributed by atoms with Gasteiger partial charge >= 0.3 is 0 Å². The van der Waals surface area contributed by atoms with Crippen molar-refractivity contribution in [1.29, 1.82) is 0 Å². The number of benzene rings is 1. The molecule has 3 aliphatic rings. The zero-order valence-electron chi connectivity index (χ0n) is 16.9. The average Bonchev–Trinajstić information content (AvgIpc) is 3.36. The number of para-hydroxylation sites is 1. The molecule has 0 atom stereocenters. The molecule has 1 aliphatic carbocycles. The van der Waals surface area contributed by atoms with Gasteiger partial charge in [-0.05, 0) is 44.2 Å². The van der Waals surface area contributed by atoms with E-state index in [1.807, 2.05) is 18.2 Å². The van der Waals surface area contributed by atoms with Gasteiger partial charge in [0.25, 0.3) is 11.8 Å². The van der Waals surface area contributed by atoms with Crippen LogP contribution in [0.25, 0.3) is 0 Å². The van der Waals surface area contributed by atoms with Gasteiger partial charge in [-0.25, -0.2) is 0 Å². The molecule has 1 aromatic rings. The van der Waals surface area contributed by atoms with Crippen LogP contribution in [0.1, 0.15) is 32.1 Å². The van der Waals surface area contributed by atoms with Gasteiger partial charge < -0.3 is 26.2 Å². The van der Waals surface area contributed by atoms with Crippen LogP contribution in [-0.4, -0.2) is 44.0 Å². The van der Waals surface area contributed by atoms with Crippen LogP contribution in [0, 0.1) is 5.41 Å². The van der Waals surface area contributed by atoms with Crippen LogP contribution in [0.2, 0.25) is 5.02 Å². The van der Waals surface area contributed by atoms with Crippen molar-refractivity contribution in [2.75, 3.05) is 25.2 Å². The number of rotatable bonds is 4. The standard InChI is InChI=1S/C21H26ClN5O3/c1-23-18(28)16-17(25-12-24-16)19(29)26-13-6-8-21(9-7-13)10-11-27(20(21)30)15-5-3-2-4-14(15)22/h2-5,13,24-25H,6-12H2,1H3,(H,23,28)(H,26,29). The Morgan fingerprint density at radius 3 is 2.43 bits per heavy atom. The molecule has 9 heteroatoms. The van der Waals surface area contributed by atoms with Crippen LogP contribution in [0.3, 0.4) is 0 Å². The molecule has 4 rings (SSSR count). The molecular formula is C21H26ClN5O3. The molecule has 160 valence electrons. The van der Waals surface area contributed by atoms with Crippen molar-refractivity contribution in [3.63, 3.8) is 0 Å². The van der Waals surface area contributed by atoms with Gasteiger partial charge in [0, 0.05) is 19.6 Å². The Hall–Kier alpha value is -2.74. The van der Waals surface area contributed by atoms with E-state index in [-0.39, 0.29) is 40.6 Å². The predicted molar refractivity (Wildman–Crippen MR) is 113 cm³/mol. The SMILES string of the molecule is CNC(=O)C1=C(C(=O)NC2CCC3(CC2)CCN(c2ccccc2Cl)C3=O)NCN1. The fourth-order valence-electron chi connectivity index (χ4n) is 4.67. The Labute approximate surface area is 180 Å². The van der Waals surface area contributed by atoms with E-state index in [9.17, 15) is 14.4 Å². The molecule has 1 aromatic carbocycles. The van der Waals surface area contributed by atoms with E-state index in [4.69, 9.17) is 11.6 Å². The molecule has 2 fully saturated rings. The summed E-state index contributed by atoms with van der Waals surface area (Å²) in [4.78, 5) is 39.6. The summed E-state index contributed by atoms with van der Waals surface area (Å²) < 4.78 is 0. The molecule has 0 unspecified atom stereocenters. The number of likely N-dealkylation sites (N-methyl/N-ethyl adjacent to an activating group) is 1. The van der Waals surface area contributed by atoms with Gasteiger partial charge in [0.2, 0.25) is 5.91 Å². The van der Waals surface area contributed by atoms with Crippen molar-refractivity contribution in [2.45, 2.75) is 38.1 Å². The largest absolute Gasteiger partial charge is 0.362 e. The van der Waals surface area contributed by atoms with Crippen molar-refractivity contribution in [3.8, 4) is 0 Å². The van der Waals surface area contributed by atoms with Gasteiger partial charge in [0.15, 0.2) is 0 Å². The van der Waals surface area contributed by atoms with Crippen molar-refractivity contribution >= 4 is 35.0 Å². The predicted octanol–water partition coefficient (Wildman–Crippen LogP) is 1.23. The number of anilines is 1. The van der Waals surface area contributed by atoms with Gasteiger partial charge in [-0.2, -0.15) is 0 Å². The minimum atomic E-state index is -0.375. The minimum absolute atomic E-state index is 0.0221. The van der Waals surface area contributed by atoms with Crippen LogP contribution >= 0.6 is 11.6 Å². The molecule has 30 heavy (non-hydrogen) atoms. The zero-order valence-corrected chi connectivity index (χ0v) is 17.6. The number of nitrogens with zero attached hydrogens (tertiary/aromatic N) is 1. The second-order valence-corrected chi connectivity index (χ2v) is 8.45. The molecule has 1 saturated carbocycles. The number of amides is 3. The Morgan fingerprint density at radius 1 is 1.10 bits per heavy atom. The lowest BCUT2D eigenvalue weighted by Crippen LogP contribution is -2.45. The van der Waals surface area contributed by atoms with Gasteiger partial charge in [-0.1, -0.05) is 23.7 Å². The second kappa shape index (κ2) is 8.18. The first-order valence-electron chi connectivity index (χ1n) is 10.3. The summed E-state index contributed by atoms with van der Waals surface area (Å²) in [6, 6.07) is 7.40. The molecule has 3 amide bonds. The van der Waals surface area contributed by atoms with Crippen molar-refractivity contribution in [2.24, 2.45) is 5.41 Å². The summed E-state index contributed by atoms with van der Waals surface area (Å²) in [7, 11) is 1.52. The number of halogens is 1. The number of hydrogen-bond acceptors (Lipinski definition) is 5. The highest BCUT2D eigenvalue weighted by atomic mass is 35.5. The smallest absolute Gasteiger partial charge is 0.269 e. The molecule has 2 aliphatic heterocycles. The van der Waals surface area contributed by atoms with Gasteiger partial charge in [-0.3, -0.25) is 14.4 Å². The molecule has 2 heterocycles. The number of carbonyl (C=O) groups excluding carboxylic acids is 3. The van der Waals surface area contributed by atoms with Crippen LogP contribution < -0.4 is 26.2 Å². The van der Waals surface area contributed by atoms with Crippen LogP contribution in [-0.2, 0) is 14.4 Å². The Bertz CT molecular complexity index is 908. The van der Waals surface area contributed by atoms with E-state index in [2.05, 4.69) is 21.3 Å². The third kappa shape index (κ3) is 3.60. The fourth-order valence-corrected chi connectivity index (χ4v) is 4.91. The maximum Gasteiger partial charge on any atom is 0.269 e. The molecule has 4 N–H and O–H groups in total. The third-order valence-electron chi connectivity index (χ3n) is 6.40. The van der Waals surface area contributed by atoms with Crippen molar-refractivity contribution in [3.05, 3.63) is 40.7 Å². The van der Waals surface area contributed by atoms with Crippen LogP contribution in [0.15, 0.2) is 35.7 Å². The highest BCUT2D eigenvalue weighted by Crippen LogP contribution is 2.46. The molecular weight excluding hydrogens is 406 g/mol. The summed E-state index contributed by atoms with van der Waals surface area (Å²) in [5.41, 5.74) is 0.908. The number of carbonyl (C=O) groups is 3. The molecule has 0 aromatic heterocycles. The normalized spacial score (nSPS) is 25.9.